The fraction of sp³-hybridized carbons (Fsp3) is 0.154. The molecule has 0 aromatic heterocycles. The second kappa shape index (κ2) is 9.48. The summed E-state index contributed by atoms with van der Waals surface area (Å²) in [7, 11) is 3.24. The maximum absolute atomic E-state index is 14.2. The highest BCUT2D eigenvalue weighted by Crippen LogP contribution is 2.38. The number of carbonyl (C=O) groups is 1. The van der Waals surface area contributed by atoms with Gasteiger partial charge in [0.1, 0.15) is 23.5 Å². The lowest BCUT2D eigenvalue weighted by Gasteiger charge is -2.43. The number of nitrogens with one attached hydrogen (secondary N) is 3. The predicted molar refractivity (Wildman–Crippen MR) is 139 cm³/mol. The van der Waals surface area contributed by atoms with Gasteiger partial charge in [-0.15, -0.1) is 0 Å². The molecular weight excluding hydrogens is 484 g/mol. The van der Waals surface area contributed by atoms with Crippen molar-refractivity contribution in [3.63, 3.8) is 0 Å². The number of benzene rings is 3. The van der Waals surface area contributed by atoms with E-state index in [2.05, 4.69) is 16.0 Å². The van der Waals surface area contributed by atoms with Crippen LogP contribution in [-0.4, -0.2) is 25.2 Å². The van der Waals surface area contributed by atoms with E-state index in [0.717, 1.165) is 22.6 Å². The Balaban J connectivity index is 1.62. The van der Waals surface area contributed by atoms with E-state index >= 15 is 0 Å². The summed E-state index contributed by atoms with van der Waals surface area (Å²) in [5.74, 6) is 1.88. The number of halogens is 1. The Bertz CT molecular complexity index is 1290. The summed E-state index contributed by atoms with van der Waals surface area (Å²) in [5, 5.41) is 10.9. The van der Waals surface area contributed by atoms with Gasteiger partial charge in [-0.2, -0.15) is 0 Å². The summed E-state index contributed by atoms with van der Waals surface area (Å²) in [6.07, 6.45) is -0.488. The Kier molecular flexibility index (Phi) is 6.23. The molecule has 7 nitrogen and oxygen atoms in total. The van der Waals surface area contributed by atoms with Gasteiger partial charge in [-0.25, -0.2) is 0 Å². The molecule has 178 valence electrons. The highest BCUT2D eigenvalue weighted by Gasteiger charge is 2.42. The van der Waals surface area contributed by atoms with E-state index in [1.807, 2.05) is 60.7 Å². The number of rotatable bonds is 5. The summed E-state index contributed by atoms with van der Waals surface area (Å²) in [6.45, 7) is 0. The summed E-state index contributed by atoms with van der Waals surface area (Å²) in [4.78, 5) is 15.9. The molecular formula is C26H23ClN4O3S. The Morgan fingerprint density at radius 2 is 1.40 bits per heavy atom. The molecule has 0 aliphatic carbocycles. The molecule has 0 saturated carbocycles. The van der Waals surface area contributed by atoms with E-state index in [4.69, 9.17) is 33.3 Å². The molecule has 0 unspecified atom stereocenters. The maximum atomic E-state index is 14.2. The van der Waals surface area contributed by atoms with Gasteiger partial charge in [-0.3, -0.25) is 9.69 Å². The average Bonchev–Trinajstić information content (AvgIpc) is 2.89. The molecule has 2 aliphatic heterocycles. The van der Waals surface area contributed by atoms with Gasteiger partial charge in [-0.05, 0) is 71.9 Å². The normalized spacial score (nSPS) is 19.3. The van der Waals surface area contributed by atoms with Crippen molar-refractivity contribution in [3.8, 4) is 11.5 Å². The average molecular weight is 507 g/mol. The first-order valence-corrected chi connectivity index (χ1v) is 11.7. The number of amides is 1. The van der Waals surface area contributed by atoms with Crippen molar-refractivity contribution in [1.29, 1.82) is 0 Å². The van der Waals surface area contributed by atoms with Gasteiger partial charge in [-0.1, -0.05) is 35.9 Å². The van der Waals surface area contributed by atoms with E-state index in [9.17, 15) is 4.79 Å². The summed E-state index contributed by atoms with van der Waals surface area (Å²) < 4.78 is 10.6. The molecule has 1 amide bonds. The van der Waals surface area contributed by atoms with Crippen LogP contribution in [0.2, 0.25) is 5.02 Å². The van der Waals surface area contributed by atoms with Crippen LogP contribution in [0.3, 0.4) is 0 Å². The molecule has 0 fully saturated rings. The fourth-order valence-corrected chi connectivity index (χ4v) is 4.64. The van der Waals surface area contributed by atoms with Gasteiger partial charge in [0, 0.05) is 10.7 Å². The molecule has 0 bridgehead atoms. The largest absolute Gasteiger partial charge is 0.497 e. The molecule has 2 heterocycles. The quantitative estimate of drug-likeness (QED) is 0.442. The van der Waals surface area contributed by atoms with Crippen LogP contribution in [0.15, 0.2) is 84.2 Å². The van der Waals surface area contributed by atoms with Crippen molar-refractivity contribution < 1.29 is 14.3 Å². The zero-order chi connectivity index (χ0) is 24.5. The van der Waals surface area contributed by atoms with Crippen LogP contribution < -0.4 is 30.3 Å². The predicted octanol–water partition coefficient (Wildman–Crippen LogP) is 4.42. The van der Waals surface area contributed by atoms with E-state index in [-0.39, 0.29) is 5.91 Å². The van der Waals surface area contributed by atoms with Crippen molar-refractivity contribution in [3.05, 3.63) is 100 Å². The highest BCUT2D eigenvalue weighted by molar-refractivity contribution is 7.80. The first kappa shape index (κ1) is 23.0. The molecule has 9 heteroatoms. The first-order valence-electron chi connectivity index (χ1n) is 10.9. The smallest absolute Gasteiger partial charge is 0.262 e. The summed E-state index contributed by atoms with van der Waals surface area (Å²) >= 11 is 11.6. The van der Waals surface area contributed by atoms with Crippen molar-refractivity contribution in [1.82, 2.24) is 16.0 Å². The topological polar surface area (TPSA) is 74.9 Å². The highest BCUT2D eigenvalue weighted by atomic mass is 35.5. The van der Waals surface area contributed by atoms with Gasteiger partial charge in [0.05, 0.1) is 25.8 Å². The molecule has 2 aliphatic rings. The number of ether oxygens (including phenoxy) is 2. The molecule has 35 heavy (non-hydrogen) atoms. The zero-order valence-electron chi connectivity index (χ0n) is 19.0. The van der Waals surface area contributed by atoms with Gasteiger partial charge < -0.3 is 25.4 Å². The van der Waals surface area contributed by atoms with E-state index in [1.165, 1.54) is 0 Å². The number of methoxy groups -OCH3 is 2. The minimum Gasteiger partial charge on any atom is -0.497 e. The fourth-order valence-electron chi connectivity index (χ4n) is 4.29. The number of thiocarbonyl (C=S) groups is 1. The molecule has 0 radical (unpaired) electrons. The second-order valence-corrected chi connectivity index (χ2v) is 8.91. The lowest BCUT2D eigenvalue weighted by atomic mass is 9.93. The first-order chi connectivity index (χ1) is 17.0. The molecule has 3 aromatic carbocycles. The maximum Gasteiger partial charge on any atom is 0.262 e. The zero-order valence-corrected chi connectivity index (χ0v) is 20.6. The number of hydrogen-bond donors (Lipinski definition) is 3. The number of anilines is 1. The molecule has 3 aromatic rings. The number of hydrogen-bond acceptors (Lipinski definition) is 5. The van der Waals surface area contributed by atoms with Crippen molar-refractivity contribution in [2.75, 3.05) is 19.1 Å². The molecule has 5 rings (SSSR count). The van der Waals surface area contributed by atoms with Crippen LogP contribution in [0.4, 0.5) is 5.69 Å². The van der Waals surface area contributed by atoms with Crippen LogP contribution in [0.1, 0.15) is 23.3 Å². The minimum absolute atomic E-state index is 0.162. The van der Waals surface area contributed by atoms with Crippen molar-refractivity contribution in [2.45, 2.75) is 12.2 Å². The van der Waals surface area contributed by atoms with E-state index < -0.39 is 12.2 Å². The third-order valence-corrected chi connectivity index (χ3v) is 6.52. The van der Waals surface area contributed by atoms with Gasteiger partial charge in [0.2, 0.25) is 0 Å². The third-order valence-electron chi connectivity index (χ3n) is 6.05. The SMILES string of the molecule is COc1ccc([C@@H]2NC(=S)NC3=C2C(=O)N(c2ccc(Cl)cc2)[C@H](c2ccc(OC)cc2)N3)cc1. The van der Waals surface area contributed by atoms with E-state index in [1.54, 1.807) is 31.3 Å². The van der Waals surface area contributed by atoms with Crippen molar-refractivity contribution in [2.24, 2.45) is 0 Å². The Labute approximate surface area is 213 Å². The van der Waals surface area contributed by atoms with Crippen LogP contribution >= 0.6 is 23.8 Å². The van der Waals surface area contributed by atoms with Crippen LogP contribution in [-0.2, 0) is 4.79 Å². The molecule has 0 saturated heterocycles. The Hall–Kier alpha value is -3.75. The lowest BCUT2D eigenvalue weighted by Crippen LogP contribution is -2.58. The molecule has 0 spiro atoms. The summed E-state index contributed by atoms with van der Waals surface area (Å²) in [6, 6.07) is 21.9. The van der Waals surface area contributed by atoms with E-state index in [0.29, 0.717) is 27.2 Å². The van der Waals surface area contributed by atoms with Crippen LogP contribution in [0.5, 0.6) is 11.5 Å². The van der Waals surface area contributed by atoms with Crippen LogP contribution in [0.25, 0.3) is 0 Å². The monoisotopic (exact) mass is 506 g/mol. The number of nitrogens with zero attached hydrogens (tertiary/aromatic N) is 1. The van der Waals surface area contributed by atoms with Gasteiger partial charge in [0.25, 0.3) is 5.91 Å². The second-order valence-electron chi connectivity index (χ2n) is 8.06. The third kappa shape index (κ3) is 4.38. The molecule has 2 atom stereocenters. The molecule has 3 N–H and O–H groups in total. The number of carbonyl (C=O) groups excluding carboxylic acids is 1. The Morgan fingerprint density at radius 3 is 1.97 bits per heavy atom. The van der Waals surface area contributed by atoms with Gasteiger partial charge in [0.15, 0.2) is 5.11 Å². The van der Waals surface area contributed by atoms with Crippen molar-refractivity contribution >= 4 is 40.5 Å². The Morgan fingerprint density at radius 1 is 0.829 bits per heavy atom. The minimum atomic E-state index is -0.488. The van der Waals surface area contributed by atoms with Gasteiger partial charge >= 0.3 is 0 Å². The van der Waals surface area contributed by atoms with Crippen LogP contribution in [0, 0.1) is 0 Å². The lowest BCUT2D eigenvalue weighted by molar-refractivity contribution is -0.116. The summed E-state index contributed by atoms with van der Waals surface area (Å²) in [5.41, 5.74) is 3.01. The standard InChI is InChI=1S/C26H23ClN4O3S/c1-33-19-11-3-15(4-12-19)22-21-23(30-26(35)28-22)29-24(16-5-13-20(34-2)14-6-16)31(25(21)32)18-9-7-17(27)8-10-18/h3-14,22,24,29H,1-2H3,(H2,28,30,35)/t22-,24+/m0/s1.